The predicted octanol–water partition coefficient (Wildman–Crippen LogP) is 0.736. The van der Waals surface area contributed by atoms with Crippen LogP contribution in [0.3, 0.4) is 0 Å². The van der Waals surface area contributed by atoms with E-state index >= 15 is 0 Å². The first-order valence-electron chi connectivity index (χ1n) is 2.34. The van der Waals surface area contributed by atoms with Crippen LogP contribution in [0.1, 0.15) is 11.6 Å². The van der Waals surface area contributed by atoms with Gasteiger partial charge >= 0.3 is 18.6 Å². The molecule has 0 aromatic carbocycles. The van der Waals surface area contributed by atoms with Gasteiger partial charge in [0.25, 0.3) is 0 Å². The second-order valence-corrected chi connectivity index (χ2v) is 1.53. The Balaban J connectivity index is 0. The van der Waals surface area contributed by atoms with E-state index in [0.29, 0.717) is 0 Å². The summed E-state index contributed by atoms with van der Waals surface area (Å²) in [5.74, 6) is 1.44. The number of hydrogen-bond acceptors (Lipinski definition) is 3. The maximum atomic E-state index is 3.92. The molecule has 3 nitrogen and oxygen atoms in total. The topological polar surface area (TPSA) is 38.7 Å². The van der Waals surface area contributed by atoms with Gasteiger partial charge in [0, 0.05) is 18.0 Å². The molecule has 1 radical (unpaired) electrons. The first-order chi connectivity index (χ1) is 3.79. The summed E-state index contributed by atoms with van der Waals surface area (Å²) in [6, 6.07) is 0. The molecule has 1 aromatic rings. The van der Waals surface area contributed by atoms with Gasteiger partial charge < -0.3 is 22.4 Å². The molecule has 0 fully saturated rings. The van der Waals surface area contributed by atoms with E-state index in [1.165, 1.54) is 0 Å². The van der Waals surface area contributed by atoms with Crippen LogP contribution in [0.5, 0.6) is 0 Å². The van der Waals surface area contributed by atoms with Crippen molar-refractivity contribution in [3.05, 3.63) is 25.4 Å². The Morgan fingerprint density at radius 1 is 1.10 bits per heavy atom. The van der Waals surface area contributed by atoms with Gasteiger partial charge in [0.05, 0.1) is 0 Å². The Kier molecular flexibility index (Phi) is 6.62. The molecule has 10 heavy (non-hydrogen) atoms. The van der Waals surface area contributed by atoms with Crippen LogP contribution in [0.15, 0.2) is 0 Å². The van der Waals surface area contributed by atoms with Crippen molar-refractivity contribution in [3.63, 3.8) is 0 Å². The Hall–Kier alpha value is -0.406. The smallest absolute Gasteiger partial charge is 0.358 e. The van der Waals surface area contributed by atoms with Crippen molar-refractivity contribution in [2.45, 2.75) is 13.8 Å². The van der Waals surface area contributed by atoms with E-state index < -0.39 is 0 Å². The van der Waals surface area contributed by atoms with E-state index in [2.05, 4.69) is 21.3 Å². The number of nitrogens with zero attached hydrogens (tertiary/aromatic N) is 3. The van der Waals surface area contributed by atoms with Gasteiger partial charge in [-0.1, -0.05) is 13.8 Å². The second-order valence-electron chi connectivity index (χ2n) is 1.53. The van der Waals surface area contributed by atoms with Crippen LogP contribution in [0.25, 0.3) is 0 Å². The largest absolute Gasteiger partial charge is 2.00 e. The summed E-state index contributed by atoms with van der Waals surface area (Å²) in [6.45, 7) is 3.62. The zero-order valence-electron chi connectivity index (χ0n) is 6.29. The molecule has 1 heterocycles. The van der Waals surface area contributed by atoms with Gasteiger partial charge in [-0.05, 0) is 0 Å². The van der Waals surface area contributed by atoms with Gasteiger partial charge in [-0.3, -0.25) is 0 Å². The summed E-state index contributed by atoms with van der Waals surface area (Å²) < 4.78 is 0. The van der Waals surface area contributed by atoms with Crippen LogP contribution < -0.4 is 0 Å². The quantitative estimate of drug-likeness (QED) is 0.544. The summed E-state index contributed by atoms with van der Waals surface area (Å²) in [4.78, 5) is 11.3. The molecule has 0 aliphatic rings. The fourth-order valence-corrected chi connectivity index (χ4v) is 0.454. The van der Waals surface area contributed by atoms with Gasteiger partial charge in [0.15, 0.2) is 0 Å². The standard InChI is InChI=1S/C5H6N3.CH3.V/c1-4-6-3-7-5(2)8-4;;/h1-2H3;1H3;/q2*-1;+2. The minimum atomic E-state index is 0. The SMILES string of the molecule is Cc1n[c-]nc(C)n1.[CH3-].[V+2]. The molecule has 0 saturated carbocycles. The fourth-order valence-electron chi connectivity index (χ4n) is 0.454. The van der Waals surface area contributed by atoms with E-state index in [1.807, 2.05) is 13.8 Å². The summed E-state index contributed by atoms with van der Waals surface area (Å²) in [7, 11) is 0. The van der Waals surface area contributed by atoms with E-state index in [-0.39, 0.29) is 26.0 Å². The Morgan fingerprint density at radius 3 is 1.70 bits per heavy atom. The summed E-state index contributed by atoms with van der Waals surface area (Å²) in [5.41, 5.74) is 0. The number of aromatic nitrogens is 3. The van der Waals surface area contributed by atoms with Gasteiger partial charge in [0.2, 0.25) is 0 Å². The monoisotopic (exact) mass is 174 g/mol. The molecule has 0 saturated heterocycles. The Bertz CT molecular complexity index is 173. The third kappa shape index (κ3) is 3.59. The van der Waals surface area contributed by atoms with Crippen molar-refractivity contribution < 1.29 is 18.6 Å². The van der Waals surface area contributed by atoms with E-state index in [1.54, 1.807) is 0 Å². The molecule has 0 atom stereocenters. The maximum Gasteiger partial charge on any atom is 2.00 e. The van der Waals surface area contributed by atoms with E-state index in [4.69, 9.17) is 0 Å². The van der Waals surface area contributed by atoms with E-state index in [0.717, 1.165) is 11.6 Å². The Morgan fingerprint density at radius 2 is 1.50 bits per heavy atom. The average Bonchev–Trinajstić information content (AvgIpc) is 1.64. The molecule has 0 amide bonds. The van der Waals surface area contributed by atoms with Crippen molar-refractivity contribution in [3.8, 4) is 0 Å². The van der Waals surface area contributed by atoms with Crippen molar-refractivity contribution in [1.29, 1.82) is 0 Å². The minimum absolute atomic E-state index is 0. The molecule has 1 aromatic heterocycles. The van der Waals surface area contributed by atoms with Crippen molar-refractivity contribution in [2.75, 3.05) is 0 Å². The summed E-state index contributed by atoms with van der Waals surface area (Å²) in [5, 5.41) is 0. The number of aryl methyl sites for hydroxylation is 2. The first kappa shape index (κ1) is 12.3. The zero-order chi connectivity index (χ0) is 5.98. The third-order valence-electron chi connectivity index (χ3n) is 0.747. The van der Waals surface area contributed by atoms with Crippen LogP contribution >= 0.6 is 0 Å². The second kappa shape index (κ2) is 5.38. The van der Waals surface area contributed by atoms with Crippen molar-refractivity contribution in [1.82, 2.24) is 15.0 Å². The molecule has 0 aliphatic heterocycles. The normalized spacial score (nSPS) is 7.40. The molecular weight excluding hydrogens is 165 g/mol. The summed E-state index contributed by atoms with van der Waals surface area (Å²) in [6.07, 6.45) is 2.47. The van der Waals surface area contributed by atoms with E-state index in [9.17, 15) is 0 Å². The van der Waals surface area contributed by atoms with Crippen LogP contribution in [0.4, 0.5) is 0 Å². The fraction of sp³-hybridized carbons (Fsp3) is 0.333. The zero-order valence-corrected chi connectivity index (χ0v) is 7.69. The molecular formula is C6H9N3V. The van der Waals surface area contributed by atoms with Gasteiger partial charge in [-0.25, -0.2) is 0 Å². The summed E-state index contributed by atoms with van der Waals surface area (Å²) >= 11 is 0. The Labute approximate surface area is 73.2 Å². The van der Waals surface area contributed by atoms with Crippen LogP contribution in [-0.2, 0) is 18.6 Å². The van der Waals surface area contributed by atoms with Crippen LogP contribution in [0.2, 0.25) is 0 Å². The molecule has 0 unspecified atom stereocenters. The van der Waals surface area contributed by atoms with Crippen LogP contribution in [-0.4, -0.2) is 15.0 Å². The molecule has 1 rings (SSSR count). The molecule has 4 heteroatoms. The predicted molar refractivity (Wildman–Crippen MR) is 34.6 cm³/mol. The van der Waals surface area contributed by atoms with Crippen molar-refractivity contribution in [2.24, 2.45) is 0 Å². The molecule has 0 bridgehead atoms. The molecule has 0 N–H and O–H groups in total. The number of rotatable bonds is 0. The third-order valence-corrected chi connectivity index (χ3v) is 0.747. The average molecular weight is 174 g/mol. The molecule has 0 spiro atoms. The first-order valence-corrected chi connectivity index (χ1v) is 2.34. The van der Waals surface area contributed by atoms with Gasteiger partial charge in [-0.2, -0.15) is 0 Å². The minimum Gasteiger partial charge on any atom is -0.358 e. The molecule has 53 valence electrons. The van der Waals surface area contributed by atoms with Crippen molar-refractivity contribution >= 4 is 0 Å². The molecule has 0 aliphatic carbocycles. The number of hydrogen-bond donors (Lipinski definition) is 0. The van der Waals surface area contributed by atoms with Crippen LogP contribution in [0, 0.1) is 27.6 Å². The van der Waals surface area contributed by atoms with Gasteiger partial charge in [-0.15, -0.1) is 0 Å². The maximum absolute atomic E-state index is 3.92. The van der Waals surface area contributed by atoms with Gasteiger partial charge in [0.1, 0.15) is 0 Å².